The number of hydrogen-bond acceptors (Lipinski definition) is 2. The zero-order valence-electron chi connectivity index (χ0n) is 25.3. The average molecular weight is 551 g/mol. The topological polar surface area (TPSA) is 24.4 Å². The summed E-state index contributed by atoms with van der Waals surface area (Å²) in [6.45, 7) is 15.6. The summed E-state index contributed by atoms with van der Waals surface area (Å²) in [6.07, 6.45) is 23.5. The van der Waals surface area contributed by atoms with Crippen molar-refractivity contribution in [3.05, 3.63) is 143 Å². The van der Waals surface area contributed by atoms with Gasteiger partial charge in [0.2, 0.25) is 0 Å². The van der Waals surface area contributed by atoms with Crippen molar-refractivity contribution in [3.8, 4) is 11.1 Å². The zero-order chi connectivity index (χ0) is 29.5. The Kier molecular flexibility index (Phi) is 9.34. The Hall–Kier alpha value is -4.43. The first-order valence-electron chi connectivity index (χ1n) is 15.2. The first-order chi connectivity index (χ1) is 20.5. The van der Waals surface area contributed by atoms with Crippen LogP contribution in [0.25, 0.3) is 34.1 Å². The predicted octanol–water partition coefficient (Wildman–Crippen LogP) is 10.9. The molecular weight excluding hydrogens is 508 g/mol. The lowest BCUT2D eigenvalue weighted by atomic mass is 9.88. The Labute approximate surface area is 252 Å². The van der Waals surface area contributed by atoms with E-state index in [0.29, 0.717) is 6.54 Å². The summed E-state index contributed by atoms with van der Waals surface area (Å²) in [7, 11) is 0. The van der Waals surface area contributed by atoms with E-state index in [-0.39, 0.29) is 6.04 Å². The minimum Gasteiger partial charge on any atom is -0.378 e. The molecular formula is C40H42N2. The van der Waals surface area contributed by atoms with E-state index in [1.807, 2.05) is 6.08 Å². The first-order valence-corrected chi connectivity index (χ1v) is 15.2. The van der Waals surface area contributed by atoms with Gasteiger partial charge in [0.05, 0.1) is 18.3 Å². The van der Waals surface area contributed by atoms with E-state index in [0.717, 1.165) is 48.2 Å². The Balaban J connectivity index is 1.67. The molecule has 0 saturated carbocycles. The number of nitrogens with one attached hydrogen (secondary N) is 1. The largest absolute Gasteiger partial charge is 0.378 e. The molecule has 0 spiro atoms. The number of aliphatic imine (C=N–C) groups is 1. The molecule has 1 atom stereocenters. The maximum atomic E-state index is 5.25. The normalized spacial score (nSPS) is 16.8. The maximum absolute atomic E-state index is 5.25. The van der Waals surface area contributed by atoms with Crippen LogP contribution in [0.2, 0.25) is 0 Å². The minimum atomic E-state index is 0.0999. The Morgan fingerprint density at radius 2 is 1.93 bits per heavy atom. The SMILES string of the molecule is C=Cc1c(/C=C\C)c(-c2cc(CN=C(C(=C)CCC)C3=CC=CCC3)cc(C3C=CC=C(C)N3)c2)cc2ccccc12. The monoisotopic (exact) mass is 550 g/mol. The molecule has 2 nitrogen and oxygen atoms in total. The smallest absolute Gasteiger partial charge is 0.0698 e. The molecule has 1 heterocycles. The molecule has 2 heteroatoms. The van der Waals surface area contributed by atoms with Crippen molar-refractivity contribution in [2.75, 3.05) is 0 Å². The highest BCUT2D eigenvalue weighted by molar-refractivity contribution is 6.12. The van der Waals surface area contributed by atoms with Crippen LogP contribution < -0.4 is 5.32 Å². The Bertz CT molecular complexity index is 1690. The van der Waals surface area contributed by atoms with Gasteiger partial charge < -0.3 is 5.32 Å². The standard InChI is InChI=1S/C40H42N2/c1-6-15-28(4)40(31-18-10-9-11-19-31)41-27-30-23-33(25-34(24-30)39-22-14-17-29(5)42-39)38-26-32-20-12-13-21-36(32)35(8-3)37(38)16-7-2/h7-10,12-14,16-18,20-26,39,42H,3-4,6,11,15,19,27H2,1-2,5H3/b16-7-,41-40?. The van der Waals surface area contributed by atoms with Gasteiger partial charge in [-0.3, -0.25) is 4.99 Å². The van der Waals surface area contributed by atoms with Crippen molar-refractivity contribution < 1.29 is 0 Å². The molecule has 0 amide bonds. The van der Waals surface area contributed by atoms with Crippen LogP contribution in [0.15, 0.2) is 126 Å². The van der Waals surface area contributed by atoms with Gasteiger partial charge in [0.25, 0.3) is 0 Å². The first kappa shape index (κ1) is 29.1. The number of allylic oxidation sites excluding steroid dienone is 9. The van der Waals surface area contributed by atoms with E-state index in [2.05, 4.69) is 136 Å². The predicted molar refractivity (Wildman–Crippen MR) is 185 cm³/mol. The number of hydrogen-bond donors (Lipinski definition) is 1. The molecule has 42 heavy (non-hydrogen) atoms. The van der Waals surface area contributed by atoms with E-state index in [1.54, 1.807) is 0 Å². The Morgan fingerprint density at radius 3 is 2.67 bits per heavy atom. The van der Waals surface area contributed by atoms with Crippen molar-refractivity contribution in [2.45, 2.75) is 59.0 Å². The van der Waals surface area contributed by atoms with Crippen molar-refractivity contribution in [2.24, 2.45) is 4.99 Å². The lowest BCUT2D eigenvalue weighted by molar-refractivity contribution is 0.703. The highest BCUT2D eigenvalue weighted by atomic mass is 14.9. The number of nitrogens with zero attached hydrogens (tertiary/aromatic N) is 1. The van der Waals surface area contributed by atoms with Crippen molar-refractivity contribution in [1.82, 2.24) is 5.32 Å². The summed E-state index contributed by atoms with van der Waals surface area (Å²) in [5.41, 5.74) is 11.8. The molecule has 0 aromatic heterocycles. The molecule has 212 valence electrons. The van der Waals surface area contributed by atoms with E-state index in [1.165, 1.54) is 44.2 Å². The van der Waals surface area contributed by atoms with Gasteiger partial charge in [0.1, 0.15) is 0 Å². The van der Waals surface area contributed by atoms with Gasteiger partial charge in [0.15, 0.2) is 0 Å². The number of benzene rings is 3. The molecule has 0 saturated heterocycles. The second-order valence-corrected chi connectivity index (χ2v) is 11.2. The van der Waals surface area contributed by atoms with Gasteiger partial charge in [-0.25, -0.2) is 0 Å². The lowest BCUT2D eigenvalue weighted by Gasteiger charge is -2.22. The van der Waals surface area contributed by atoms with Crippen LogP contribution in [-0.2, 0) is 6.54 Å². The number of rotatable bonds is 10. The molecule has 1 N–H and O–H groups in total. The highest BCUT2D eigenvalue weighted by Crippen LogP contribution is 2.37. The van der Waals surface area contributed by atoms with Crippen LogP contribution >= 0.6 is 0 Å². The van der Waals surface area contributed by atoms with Crippen LogP contribution in [-0.4, -0.2) is 5.71 Å². The molecule has 5 rings (SSSR count). The van der Waals surface area contributed by atoms with Gasteiger partial charge in [-0.2, -0.15) is 0 Å². The molecule has 0 fully saturated rings. The van der Waals surface area contributed by atoms with E-state index in [9.17, 15) is 0 Å². The van der Waals surface area contributed by atoms with Gasteiger partial charge in [-0.1, -0.05) is 105 Å². The number of fused-ring (bicyclic) bond motifs is 1. The fourth-order valence-corrected chi connectivity index (χ4v) is 6.02. The molecule has 3 aromatic rings. The van der Waals surface area contributed by atoms with Gasteiger partial charge >= 0.3 is 0 Å². The van der Waals surface area contributed by atoms with E-state index in [4.69, 9.17) is 4.99 Å². The molecule has 2 aliphatic rings. The third-order valence-electron chi connectivity index (χ3n) is 8.01. The van der Waals surface area contributed by atoms with Crippen LogP contribution in [0.4, 0.5) is 0 Å². The van der Waals surface area contributed by atoms with E-state index < -0.39 is 0 Å². The van der Waals surface area contributed by atoms with Crippen LogP contribution in [0.3, 0.4) is 0 Å². The minimum absolute atomic E-state index is 0.0999. The maximum Gasteiger partial charge on any atom is 0.0698 e. The third kappa shape index (κ3) is 6.39. The molecule has 1 unspecified atom stereocenters. The number of dihydropyridines is 1. The third-order valence-corrected chi connectivity index (χ3v) is 8.01. The summed E-state index contributed by atoms with van der Waals surface area (Å²) in [5, 5.41) is 6.09. The van der Waals surface area contributed by atoms with Gasteiger partial charge in [0, 0.05) is 5.70 Å². The van der Waals surface area contributed by atoms with Gasteiger partial charge in [-0.05, 0) is 113 Å². The second kappa shape index (κ2) is 13.5. The lowest BCUT2D eigenvalue weighted by Crippen LogP contribution is -2.19. The van der Waals surface area contributed by atoms with Crippen LogP contribution in [0.5, 0.6) is 0 Å². The zero-order valence-corrected chi connectivity index (χ0v) is 25.3. The molecule has 1 aliphatic carbocycles. The molecule has 3 aromatic carbocycles. The average Bonchev–Trinajstić information content (AvgIpc) is 3.01. The second-order valence-electron chi connectivity index (χ2n) is 11.2. The van der Waals surface area contributed by atoms with Crippen LogP contribution in [0, 0.1) is 0 Å². The fourth-order valence-electron chi connectivity index (χ4n) is 6.02. The molecule has 0 bridgehead atoms. The van der Waals surface area contributed by atoms with Gasteiger partial charge in [-0.15, -0.1) is 0 Å². The van der Waals surface area contributed by atoms with Crippen molar-refractivity contribution in [3.63, 3.8) is 0 Å². The summed E-state index contributed by atoms with van der Waals surface area (Å²) in [5.74, 6) is 0. The summed E-state index contributed by atoms with van der Waals surface area (Å²) in [6, 6.07) is 18.0. The fraction of sp³-hybridized carbons (Fsp3) is 0.225. The molecule has 0 radical (unpaired) electrons. The van der Waals surface area contributed by atoms with Crippen molar-refractivity contribution in [1.29, 1.82) is 0 Å². The summed E-state index contributed by atoms with van der Waals surface area (Å²) < 4.78 is 0. The summed E-state index contributed by atoms with van der Waals surface area (Å²) >= 11 is 0. The highest BCUT2D eigenvalue weighted by Gasteiger charge is 2.17. The van der Waals surface area contributed by atoms with E-state index >= 15 is 0 Å². The quantitative estimate of drug-likeness (QED) is 0.249. The summed E-state index contributed by atoms with van der Waals surface area (Å²) in [4.78, 5) is 5.25. The molecule has 1 aliphatic heterocycles. The van der Waals surface area contributed by atoms with Crippen molar-refractivity contribution >= 4 is 28.6 Å². The van der Waals surface area contributed by atoms with Crippen LogP contribution in [0.1, 0.15) is 74.8 Å². The Morgan fingerprint density at radius 1 is 1.07 bits per heavy atom.